The Balaban J connectivity index is 2.79. The van der Waals surface area contributed by atoms with Gasteiger partial charge in [0, 0.05) is 18.3 Å². The second kappa shape index (κ2) is 8.27. The van der Waals surface area contributed by atoms with E-state index >= 15 is 0 Å². The molecule has 1 aromatic rings. The van der Waals surface area contributed by atoms with Gasteiger partial charge in [0.25, 0.3) is 0 Å². The topological polar surface area (TPSA) is 30.5 Å². The standard InChI is InChI=1S/C14H23NO2S/c1-5-12(15-8-9-18-4)11-6-7-13(16-2)14(10-11)17-3/h6-7,10,12,15H,5,8-9H2,1-4H3. The lowest BCUT2D eigenvalue weighted by Crippen LogP contribution is -2.23. The van der Waals surface area contributed by atoms with Crippen molar-refractivity contribution in [1.29, 1.82) is 0 Å². The summed E-state index contributed by atoms with van der Waals surface area (Å²) in [6.07, 6.45) is 3.18. The van der Waals surface area contributed by atoms with Crippen LogP contribution in [0.4, 0.5) is 0 Å². The Morgan fingerprint density at radius 3 is 2.50 bits per heavy atom. The highest BCUT2D eigenvalue weighted by atomic mass is 32.2. The molecule has 0 bridgehead atoms. The van der Waals surface area contributed by atoms with Gasteiger partial charge < -0.3 is 14.8 Å². The Bertz CT molecular complexity index is 358. The molecule has 3 nitrogen and oxygen atoms in total. The summed E-state index contributed by atoms with van der Waals surface area (Å²) in [5.41, 5.74) is 1.25. The molecule has 0 saturated heterocycles. The molecule has 0 fully saturated rings. The van der Waals surface area contributed by atoms with Gasteiger partial charge in [-0.15, -0.1) is 0 Å². The molecule has 0 aliphatic carbocycles. The van der Waals surface area contributed by atoms with Gasteiger partial charge >= 0.3 is 0 Å². The van der Waals surface area contributed by atoms with Crippen molar-refractivity contribution in [2.75, 3.05) is 32.8 Å². The Kier molecular flexibility index (Phi) is 6.98. The fourth-order valence-electron chi connectivity index (χ4n) is 1.90. The zero-order chi connectivity index (χ0) is 13.4. The number of thioether (sulfide) groups is 1. The van der Waals surface area contributed by atoms with Crippen molar-refractivity contribution >= 4 is 11.8 Å². The molecule has 1 unspecified atom stereocenters. The van der Waals surface area contributed by atoms with Gasteiger partial charge in [-0.2, -0.15) is 11.8 Å². The number of hydrogen-bond acceptors (Lipinski definition) is 4. The number of rotatable bonds is 8. The first kappa shape index (κ1) is 15.2. The highest BCUT2D eigenvalue weighted by molar-refractivity contribution is 7.98. The van der Waals surface area contributed by atoms with Crippen molar-refractivity contribution in [2.24, 2.45) is 0 Å². The molecule has 1 aromatic carbocycles. The fourth-order valence-corrected chi connectivity index (χ4v) is 2.22. The molecule has 0 radical (unpaired) electrons. The summed E-state index contributed by atoms with van der Waals surface area (Å²) < 4.78 is 10.6. The van der Waals surface area contributed by atoms with Crippen LogP contribution in [-0.4, -0.2) is 32.8 Å². The van der Waals surface area contributed by atoms with E-state index in [1.807, 2.05) is 17.8 Å². The Labute approximate surface area is 114 Å². The minimum atomic E-state index is 0.372. The van der Waals surface area contributed by atoms with E-state index in [1.165, 1.54) is 5.56 Å². The second-order valence-corrected chi connectivity index (χ2v) is 5.01. The van der Waals surface area contributed by atoms with Crippen LogP contribution in [0.2, 0.25) is 0 Å². The van der Waals surface area contributed by atoms with E-state index in [2.05, 4.69) is 30.6 Å². The van der Waals surface area contributed by atoms with Crippen molar-refractivity contribution in [3.63, 3.8) is 0 Å². The van der Waals surface area contributed by atoms with E-state index < -0.39 is 0 Å². The predicted molar refractivity (Wildman–Crippen MR) is 79.0 cm³/mol. The second-order valence-electron chi connectivity index (χ2n) is 4.02. The maximum absolute atomic E-state index is 5.34. The first-order chi connectivity index (χ1) is 8.76. The van der Waals surface area contributed by atoms with Crippen LogP contribution >= 0.6 is 11.8 Å². The minimum absolute atomic E-state index is 0.372. The normalized spacial score (nSPS) is 12.2. The van der Waals surface area contributed by atoms with E-state index in [-0.39, 0.29) is 0 Å². The van der Waals surface area contributed by atoms with Crippen LogP contribution < -0.4 is 14.8 Å². The van der Waals surface area contributed by atoms with Crippen molar-refractivity contribution in [3.05, 3.63) is 23.8 Å². The molecule has 102 valence electrons. The quantitative estimate of drug-likeness (QED) is 0.735. The van der Waals surface area contributed by atoms with Crippen LogP contribution in [0.1, 0.15) is 24.9 Å². The van der Waals surface area contributed by atoms with Crippen LogP contribution in [0.15, 0.2) is 18.2 Å². The van der Waals surface area contributed by atoms with Gasteiger partial charge in [-0.05, 0) is 30.4 Å². The van der Waals surface area contributed by atoms with E-state index in [0.717, 1.165) is 30.2 Å². The molecule has 1 N–H and O–H groups in total. The first-order valence-corrected chi connectivity index (χ1v) is 7.60. The fraction of sp³-hybridized carbons (Fsp3) is 0.571. The summed E-state index contributed by atoms with van der Waals surface area (Å²) in [6.45, 7) is 3.21. The Morgan fingerprint density at radius 1 is 1.22 bits per heavy atom. The maximum atomic E-state index is 5.34. The molecule has 1 rings (SSSR count). The highest BCUT2D eigenvalue weighted by Gasteiger charge is 2.11. The van der Waals surface area contributed by atoms with Gasteiger partial charge in [-0.25, -0.2) is 0 Å². The zero-order valence-electron chi connectivity index (χ0n) is 11.7. The van der Waals surface area contributed by atoms with E-state index in [1.54, 1.807) is 14.2 Å². The molecule has 0 aromatic heterocycles. The molecule has 4 heteroatoms. The summed E-state index contributed by atoms with van der Waals surface area (Å²) in [5, 5.41) is 3.56. The van der Waals surface area contributed by atoms with Crippen LogP contribution in [0, 0.1) is 0 Å². The van der Waals surface area contributed by atoms with Gasteiger partial charge in [0.2, 0.25) is 0 Å². The SMILES string of the molecule is CCC(NCCSC)c1ccc(OC)c(OC)c1. The molecule has 1 atom stereocenters. The smallest absolute Gasteiger partial charge is 0.161 e. The molecule has 0 amide bonds. The Morgan fingerprint density at radius 2 is 1.94 bits per heavy atom. The van der Waals surface area contributed by atoms with Crippen molar-refractivity contribution in [1.82, 2.24) is 5.32 Å². The van der Waals surface area contributed by atoms with Crippen molar-refractivity contribution < 1.29 is 9.47 Å². The zero-order valence-corrected chi connectivity index (χ0v) is 12.5. The van der Waals surface area contributed by atoms with E-state index in [9.17, 15) is 0 Å². The number of ether oxygens (including phenoxy) is 2. The van der Waals surface area contributed by atoms with Crippen LogP contribution in [-0.2, 0) is 0 Å². The van der Waals surface area contributed by atoms with Crippen LogP contribution in [0.25, 0.3) is 0 Å². The van der Waals surface area contributed by atoms with Crippen LogP contribution in [0.3, 0.4) is 0 Å². The Hall–Kier alpha value is -0.870. The lowest BCUT2D eigenvalue weighted by atomic mass is 10.0. The van der Waals surface area contributed by atoms with Crippen molar-refractivity contribution in [2.45, 2.75) is 19.4 Å². The van der Waals surface area contributed by atoms with Gasteiger partial charge in [0.15, 0.2) is 11.5 Å². The lowest BCUT2D eigenvalue weighted by molar-refractivity contribution is 0.353. The average molecular weight is 269 g/mol. The summed E-state index contributed by atoms with van der Waals surface area (Å²) in [5.74, 6) is 2.70. The number of benzene rings is 1. The lowest BCUT2D eigenvalue weighted by Gasteiger charge is -2.18. The molecule has 0 aliphatic heterocycles. The molecule has 18 heavy (non-hydrogen) atoms. The van der Waals surface area contributed by atoms with Gasteiger partial charge in [-0.1, -0.05) is 13.0 Å². The number of hydrogen-bond donors (Lipinski definition) is 1. The molecule has 0 spiro atoms. The third-order valence-corrected chi connectivity index (χ3v) is 3.53. The molecular formula is C14H23NO2S. The molecule has 0 aliphatic rings. The van der Waals surface area contributed by atoms with Gasteiger partial charge in [0.05, 0.1) is 14.2 Å². The number of nitrogens with one attached hydrogen (secondary N) is 1. The molecule has 0 saturated carbocycles. The third kappa shape index (κ3) is 4.10. The molecule has 0 heterocycles. The summed E-state index contributed by atoms with van der Waals surface area (Å²) in [6, 6.07) is 6.49. The van der Waals surface area contributed by atoms with E-state index in [4.69, 9.17) is 9.47 Å². The largest absolute Gasteiger partial charge is 0.493 e. The van der Waals surface area contributed by atoms with Gasteiger partial charge in [0.1, 0.15) is 0 Å². The summed E-state index contributed by atoms with van der Waals surface area (Å²) in [4.78, 5) is 0. The summed E-state index contributed by atoms with van der Waals surface area (Å²) >= 11 is 1.86. The van der Waals surface area contributed by atoms with E-state index in [0.29, 0.717) is 6.04 Å². The summed E-state index contributed by atoms with van der Waals surface area (Å²) in [7, 11) is 3.33. The number of methoxy groups -OCH3 is 2. The highest BCUT2D eigenvalue weighted by Crippen LogP contribution is 2.30. The van der Waals surface area contributed by atoms with Gasteiger partial charge in [-0.3, -0.25) is 0 Å². The van der Waals surface area contributed by atoms with Crippen molar-refractivity contribution in [3.8, 4) is 11.5 Å². The maximum Gasteiger partial charge on any atom is 0.161 e. The predicted octanol–water partition coefficient (Wildman–Crippen LogP) is 3.11. The average Bonchev–Trinajstić information content (AvgIpc) is 2.43. The monoisotopic (exact) mass is 269 g/mol. The molecular weight excluding hydrogens is 246 g/mol. The first-order valence-electron chi connectivity index (χ1n) is 6.21. The third-order valence-electron chi connectivity index (χ3n) is 2.92. The minimum Gasteiger partial charge on any atom is -0.493 e. The van der Waals surface area contributed by atoms with Crippen LogP contribution in [0.5, 0.6) is 11.5 Å².